The van der Waals surface area contributed by atoms with E-state index in [1.165, 1.54) is 56.2 Å². The lowest BCUT2D eigenvalue weighted by atomic mass is 10.2. The number of nitro groups is 1. The van der Waals surface area contributed by atoms with Crippen LogP contribution in [0.15, 0.2) is 52.3 Å². The number of carbonyl (C=O) groups is 1. The first-order chi connectivity index (χ1) is 14.0. The van der Waals surface area contributed by atoms with E-state index in [0.717, 1.165) is 16.5 Å². The summed E-state index contributed by atoms with van der Waals surface area (Å²) in [6.07, 6.45) is 0.927. The van der Waals surface area contributed by atoms with Crippen LogP contribution in [0.4, 0.5) is 11.4 Å². The fraction of sp³-hybridized carbons (Fsp3) is 0.350. The molecule has 1 amide bonds. The van der Waals surface area contributed by atoms with E-state index in [9.17, 15) is 23.3 Å². The maximum atomic E-state index is 12.6. The third-order valence-electron chi connectivity index (χ3n) is 4.24. The summed E-state index contributed by atoms with van der Waals surface area (Å²) < 4.78 is 25.6. The zero-order chi connectivity index (χ0) is 22.5. The van der Waals surface area contributed by atoms with Crippen LogP contribution in [0.3, 0.4) is 0 Å². The van der Waals surface area contributed by atoms with Gasteiger partial charge in [0.25, 0.3) is 11.6 Å². The van der Waals surface area contributed by atoms with Crippen LogP contribution in [-0.2, 0) is 10.0 Å². The molecular weight excluding hydrogens is 426 g/mol. The van der Waals surface area contributed by atoms with E-state index in [2.05, 4.69) is 19.2 Å². The maximum Gasteiger partial charge on any atom is 0.283 e. The van der Waals surface area contributed by atoms with Crippen molar-refractivity contribution in [3.05, 3.63) is 58.1 Å². The first kappa shape index (κ1) is 23.8. The molecule has 0 heterocycles. The Hall–Kier alpha value is -2.43. The third kappa shape index (κ3) is 6.04. The number of carbonyl (C=O) groups excluding carboxylic acids is 1. The summed E-state index contributed by atoms with van der Waals surface area (Å²) in [7, 11) is -0.814. The monoisotopic (exact) mass is 451 g/mol. The molecule has 2 aromatic rings. The Balaban J connectivity index is 2.23. The Morgan fingerprint density at radius 3 is 2.50 bits per heavy atom. The fourth-order valence-corrected chi connectivity index (χ4v) is 4.68. The smallest absolute Gasteiger partial charge is 0.283 e. The summed E-state index contributed by atoms with van der Waals surface area (Å²) in [6, 6.07) is 10.2. The number of nitrogens with one attached hydrogen (secondary N) is 1. The van der Waals surface area contributed by atoms with Crippen molar-refractivity contribution in [3.8, 4) is 0 Å². The van der Waals surface area contributed by atoms with E-state index in [-0.39, 0.29) is 21.8 Å². The number of hydrogen-bond donors (Lipinski definition) is 1. The van der Waals surface area contributed by atoms with Gasteiger partial charge in [-0.15, -0.1) is 11.8 Å². The summed E-state index contributed by atoms with van der Waals surface area (Å²) in [5, 5.41) is 14.1. The van der Waals surface area contributed by atoms with Gasteiger partial charge in [0.1, 0.15) is 0 Å². The molecule has 0 atom stereocenters. The van der Waals surface area contributed by atoms with Crippen LogP contribution in [0.2, 0.25) is 0 Å². The molecule has 0 aliphatic carbocycles. The molecule has 30 heavy (non-hydrogen) atoms. The van der Waals surface area contributed by atoms with Gasteiger partial charge >= 0.3 is 0 Å². The SMILES string of the molecule is CC(C)CCSc1ccc(C(=O)Nc2cccc(S(=O)(=O)N(C)C)c2)cc1[N+](=O)[O-]. The van der Waals surface area contributed by atoms with Crippen LogP contribution < -0.4 is 5.32 Å². The summed E-state index contributed by atoms with van der Waals surface area (Å²) in [4.78, 5) is 24.1. The van der Waals surface area contributed by atoms with E-state index in [0.29, 0.717) is 10.8 Å². The Labute approximate surface area is 180 Å². The summed E-state index contributed by atoms with van der Waals surface area (Å²) in [5.74, 6) is 0.682. The van der Waals surface area contributed by atoms with Crippen molar-refractivity contribution in [1.82, 2.24) is 4.31 Å². The molecular formula is C20H25N3O5S2. The molecule has 0 unspecified atom stereocenters. The predicted molar refractivity (Wildman–Crippen MR) is 119 cm³/mol. The van der Waals surface area contributed by atoms with Crippen LogP contribution in [0.1, 0.15) is 30.6 Å². The van der Waals surface area contributed by atoms with Crippen molar-refractivity contribution in [2.45, 2.75) is 30.1 Å². The topological polar surface area (TPSA) is 110 Å². The van der Waals surface area contributed by atoms with Crippen molar-refractivity contribution in [2.75, 3.05) is 25.2 Å². The van der Waals surface area contributed by atoms with Crippen molar-refractivity contribution in [2.24, 2.45) is 5.92 Å². The number of rotatable bonds is 9. The first-order valence-corrected chi connectivity index (χ1v) is 11.7. The number of benzene rings is 2. The van der Waals surface area contributed by atoms with Gasteiger partial charge in [-0.1, -0.05) is 19.9 Å². The molecule has 2 aromatic carbocycles. The molecule has 0 aromatic heterocycles. The number of anilines is 1. The van der Waals surface area contributed by atoms with Crippen LogP contribution in [0.25, 0.3) is 0 Å². The Kier molecular flexibility index (Phi) is 7.99. The molecule has 0 saturated heterocycles. The van der Waals surface area contributed by atoms with Gasteiger partial charge in [0, 0.05) is 31.4 Å². The number of sulfonamides is 1. The van der Waals surface area contributed by atoms with Crippen LogP contribution in [0.5, 0.6) is 0 Å². The maximum absolute atomic E-state index is 12.6. The normalized spacial score (nSPS) is 11.7. The minimum absolute atomic E-state index is 0.0354. The molecule has 0 aliphatic rings. The second-order valence-electron chi connectivity index (χ2n) is 7.24. The van der Waals surface area contributed by atoms with E-state index < -0.39 is 20.9 Å². The van der Waals surface area contributed by atoms with E-state index in [1.54, 1.807) is 12.1 Å². The van der Waals surface area contributed by atoms with Gasteiger partial charge < -0.3 is 5.32 Å². The van der Waals surface area contributed by atoms with Gasteiger partial charge in [0.15, 0.2) is 0 Å². The van der Waals surface area contributed by atoms with Crippen LogP contribution >= 0.6 is 11.8 Å². The standard InChI is InChI=1S/C20H25N3O5S2/c1-14(2)10-11-29-19-9-8-15(12-18(19)23(25)26)20(24)21-16-6-5-7-17(13-16)30(27,28)22(3)4/h5-9,12-14H,10-11H2,1-4H3,(H,21,24). The second-order valence-corrected chi connectivity index (χ2v) is 10.5. The molecule has 0 spiro atoms. The molecule has 0 saturated carbocycles. The lowest BCUT2D eigenvalue weighted by Crippen LogP contribution is -2.22. The highest BCUT2D eigenvalue weighted by molar-refractivity contribution is 7.99. The van der Waals surface area contributed by atoms with Crippen LogP contribution in [-0.4, -0.2) is 43.4 Å². The van der Waals surface area contributed by atoms with Gasteiger partial charge in [0.2, 0.25) is 10.0 Å². The predicted octanol–water partition coefficient (Wildman–Crippen LogP) is 4.24. The summed E-state index contributed by atoms with van der Waals surface area (Å²) in [6.45, 7) is 4.17. The number of hydrogen-bond acceptors (Lipinski definition) is 6. The molecule has 162 valence electrons. The van der Waals surface area contributed by atoms with Gasteiger partial charge in [0.05, 0.1) is 14.7 Å². The molecule has 0 radical (unpaired) electrons. The molecule has 10 heteroatoms. The van der Waals surface area contributed by atoms with E-state index in [1.807, 2.05) is 0 Å². The number of thioether (sulfide) groups is 1. The first-order valence-electron chi connectivity index (χ1n) is 9.27. The molecule has 0 aliphatic heterocycles. The average molecular weight is 452 g/mol. The highest BCUT2D eigenvalue weighted by Gasteiger charge is 2.20. The van der Waals surface area contributed by atoms with Crippen LogP contribution in [0, 0.1) is 16.0 Å². The van der Waals surface area contributed by atoms with E-state index in [4.69, 9.17) is 0 Å². The molecule has 1 N–H and O–H groups in total. The molecule has 8 nitrogen and oxygen atoms in total. The van der Waals surface area contributed by atoms with Crippen molar-refractivity contribution < 1.29 is 18.1 Å². The molecule has 0 fully saturated rings. The zero-order valence-electron chi connectivity index (χ0n) is 17.3. The number of amides is 1. The lowest BCUT2D eigenvalue weighted by molar-refractivity contribution is -0.387. The van der Waals surface area contributed by atoms with Gasteiger partial charge in [-0.2, -0.15) is 0 Å². The Morgan fingerprint density at radius 1 is 1.20 bits per heavy atom. The van der Waals surface area contributed by atoms with Crippen molar-refractivity contribution in [3.63, 3.8) is 0 Å². The van der Waals surface area contributed by atoms with E-state index >= 15 is 0 Å². The fourth-order valence-electron chi connectivity index (χ4n) is 2.48. The number of nitrogens with zero attached hydrogens (tertiary/aromatic N) is 2. The highest BCUT2D eigenvalue weighted by atomic mass is 32.2. The van der Waals surface area contributed by atoms with Crippen molar-refractivity contribution >= 4 is 39.1 Å². The summed E-state index contributed by atoms with van der Waals surface area (Å²) in [5.41, 5.74) is 0.275. The largest absolute Gasteiger partial charge is 0.322 e. The summed E-state index contributed by atoms with van der Waals surface area (Å²) >= 11 is 1.39. The minimum Gasteiger partial charge on any atom is -0.322 e. The quantitative estimate of drug-likeness (QED) is 0.347. The molecule has 2 rings (SSSR count). The second kappa shape index (κ2) is 10.1. The minimum atomic E-state index is -3.65. The Bertz CT molecular complexity index is 1040. The highest BCUT2D eigenvalue weighted by Crippen LogP contribution is 2.31. The third-order valence-corrected chi connectivity index (χ3v) is 7.15. The zero-order valence-corrected chi connectivity index (χ0v) is 18.9. The average Bonchev–Trinajstić information content (AvgIpc) is 2.67. The van der Waals surface area contributed by atoms with Crippen molar-refractivity contribution in [1.29, 1.82) is 0 Å². The van der Waals surface area contributed by atoms with Gasteiger partial charge in [-0.05, 0) is 48.4 Å². The van der Waals surface area contributed by atoms with Gasteiger partial charge in [-0.3, -0.25) is 14.9 Å². The Morgan fingerprint density at radius 2 is 1.90 bits per heavy atom. The van der Waals surface area contributed by atoms with Gasteiger partial charge in [-0.25, -0.2) is 12.7 Å². The lowest BCUT2D eigenvalue weighted by Gasteiger charge is -2.13. The number of nitro benzene ring substituents is 1. The molecule has 0 bridgehead atoms.